The van der Waals surface area contributed by atoms with Crippen LogP contribution in [0.25, 0.3) is 0 Å². The van der Waals surface area contributed by atoms with Crippen LogP contribution in [0.3, 0.4) is 0 Å². The minimum Gasteiger partial charge on any atom is -0.383 e. The highest BCUT2D eigenvalue weighted by atomic mass is 35.5. The summed E-state index contributed by atoms with van der Waals surface area (Å²) in [6.07, 6.45) is 1.80. The van der Waals surface area contributed by atoms with Crippen LogP contribution in [0.2, 0.25) is 5.02 Å². The highest BCUT2D eigenvalue weighted by Crippen LogP contribution is 2.44. The second kappa shape index (κ2) is 11.0. The number of thiocarbonyl (C=S) groups is 1. The summed E-state index contributed by atoms with van der Waals surface area (Å²) in [5, 5.41) is 7.43. The van der Waals surface area contributed by atoms with E-state index in [4.69, 9.17) is 28.6 Å². The monoisotopic (exact) mass is 525 g/mol. The lowest BCUT2D eigenvalue weighted by molar-refractivity contribution is -0.118. The maximum Gasteiger partial charge on any atom is 0.226 e. The van der Waals surface area contributed by atoms with E-state index in [0.717, 1.165) is 34.9 Å². The molecular formula is C27H32ClN5O2S. The van der Waals surface area contributed by atoms with Gasteiger partial charge in [-0.05, 0) is 68.0 Å². The van der Waals surface area contributed by atoms with Gasteiger partial charge in [-0.15, -0.1) is 0 Å². The lowest BCUT2D eigenvalue weighted by atomic mass is 9.96. The zero-order valence-corrected chi connectivity index (χ0v) is 22.8. The van der Waals surface area contributed by atoms with Crippen LogP contribution in [-0.2, 0) is 16.1 Å². The van der Waals surface area contributed by atoms with Gasteiger partial charge in [0.2, 0.25) is 5.91 Å². The molecule has 1 fully saturated rings. The lowest BCUT2D eigenvalue weighted by Gasteiger charge is -2.28. The van der Waals surface area contributed by atoms with Gasteiger partial charge in [0.05, 0.1) is 35.1 Å². The Morgan fingerprint density at radius 2 is 2.03 bits per heavy atom. The number of carbonyl (C=O) groups is 1. The molecule has 9 heteroatoms. The number of pyridine rings is 1. The van der Waals surface area contributed by atoms with Gasteiger partial charge in [0.25, 0.3) is 0 Å². The average Bonchev–Trinajstić information content (AvgIpc) is 3.34. The third kappa shape index (κ3) is 5.12. The number of benzene rings is 1. The van der Waals surface area contributed by atoms with Crippen molar-refractivity contribution >= 4 is 46.2 Å². The summed E-state index contributed by atoms with van der Waals surface area (Å²) >= 11 is 12.5. The first-order valence-electron chi connectivity index (χ1n) is 12.0. The molecule has 0 aliphatic carbocycles. The van der Waals surface area contributed by atoms with Crippen molar-refractivity contribution < 1.29 is 9.53 Å². The number of ether oxygens (including phenoxy) is 1. The molecule has 2 atom stereocenters. The molecule has 2 N–H and O–H groups in total. The van der Waals surface area contributed by atoms with Crippen molar-refractivity contribution in [2.24, 2.45) is 5.92 Å². The summed E-state index contributed by atoms with van der Waals surface area (Å²) in [6.45, 7) is 9.32. The minimum atomic E-state index is -0.158. The highest BCUT2D eigenvalue weighted by molar-refractivity contribution is 7.80. The van der Waals surface area contributed by atoms with Gasteiger partial charge in [-0.2, -0.15) is 0 Å². The van der Waals surface area contributed by atoms with Crippen LogP contribution < -0.4 is 15.5 Å². The number of methoxy groups -OCH3 is 1. The number of anilines is 2. The largest absolute Gasteiger partial charge is 0.383 e. The third-order valence-electron chi connectivity index (χ3n) is 6.56. The molecule has 2 aromatic heterocycles. The van der Waals surface area contributed by atoms with Crippen molar-refractivity contribution in [1.29, 1.82) is 0 Å². The molecule has 7 nitrogen and oxygen atoms in total. The quantitative estimate of drug-likeness (QED) is 0.374. The predicted molar refractivity (Wildman–Crippen MR) is 149 cm³/mol. The summed E-state index contributed by atoms with van der Waals surface area (Å²) in [5.74, 6) is -0.229. The van der Waals surface area contributed by atoms with Gasteiger partial charge >= 0.3 is 0 Å². The smallest absolute Gasteiger partial charge is 0.226 e. The van der Waals surface area contributed by atoms with Crippen LogP contribution >= 0.6 is 23.8 Å². The molecule has 0 bridgehead atoms. The van der Waals surface area contributed by atoms with Crippen molar-refractivity contribution in [2.75, 3.05) is 23.9 Å². The summed E-state index contributed by atoms with van der Waals surface area (Å²) in [6, 6.07) is 13.4. The van der Waals surface area contributed by atoms with Crippen LogP contribution in [0, 0.1) is 19.8 Å². The number of hydrogen-bond donors (Lipinski definition) is 2. The van der Waals surface area contributed by atoms with Gasteiger partial charge in [0.1, 0.15) is 0 Å². The van der Waals surface area contributed by atoms with Gasteiger partial charge in [-0.3, -0.25) is 9.78 Å². The Kier molecular flexibility index (Phi) is 7.97. The molecule has 0 spiro atoms. The van der Waals surface area contributed by atoms with Crippen molar-refractivity contribution in [3.8, 4) is 0 Å². The molecule has 0 radical (unpaired) electrons. The van der Waals surface area contributed by atoms with E-state index < -0.39 is 0 Å². The van der Waals surface area contributed by atoms with Crippen LogP contribution in [0.4, 0.5) is 11.4 Å². The second-order valence-electron chi connectivity index (χ2n) is 9.28. The van der Waals surface area contributed by atoms with Crippen molar-refractivity contribution in [3.63, 3.8) is 0 Å². The number of aryl methyl sites for hydroxylation is 1. The van der Waals surface area contributed by atoms with Crippen molar-refractivity contribution in [2.45, 2.75) is 46.3 Å². The number of halogens is 1. The molecule has 1 aromatic carbocycles. The Labute approximate surface area is 222 Å². The molecule has 1 amide bonds. The Hall–Kier alpha value is -2.94. The number of rotatable bonds is 8. The van der Waals surface area contributed by atoms with E-state index in [9.17, 15) is 4.79 Å². The first-order chi connectivity index (χ1) is 17.2. The molecule has 1 aliphatic heterocycles. The molecule has 0 saturated carbocycles. The summed E-state index contributed by atoms with van der Waals surface area (Å²) < 4.78 is 7.61. The molecular weight excluding hydrogens is 494 g/mol. The van der Waals surface area contributed by atoms with E-state index in [0.29, 0.717) is 22.4 Å². The Balaban J connectivity index is 1.78. The number of carbonyl (C=O) groups excluding carboxylic acids is 1. The van der Waals surface area contributed by atoms with Gasteiger partial charge in [-0.25, -0.2) is 0 Å². The predicted octanol–water partition coefficient (Wildman–Crippen LogP) is 5.57. The SMILES string of the molecule is COCCn1c(C)cc(C2C(c3ccccn3)NC(=S)N2c2ccc(NC(=O)C(C)C)c(Cl)c2)c1C. The zero-order valence-electron chi connectivity index (χ0n) is 21.2. The third-order valence-corrected chi connectivity index (χ3v) is 7.19. The molecule has 3 heterocycles. The van der Waals surface area contributed by atoms with Crippen LogP contribution in [0.5, 0.6) is 0 Å². The summed E-state index contributed by atoms with van der Waals surface area (Å²) in [4.78, 5) is 18.9. The normalized spacial score (nSPS) is 17.5. The highest BCUT2D eigenvalue weighted by Gasteiger charge is 2.42. The van der Waals surface area contributed by atoms with Crippen molar-refractivity contribution in [3.05, 3.63) is 76.3 Å². The Morgan fingerprint density at radius 1 is 1.25 bits per heavy atom. The number of hydrogen-bond acceptors (Lipinski definition) is 4. The molecule has 2 unspecified atom stereocenters. The van der Waals surface area contributed by atoms with Crippen molar-refractivity contribution in [1.82, 2.24) is 14.9 Å². The second-order valence-corrected chi connectivity index (χ2v) is 10.1. The fourth-order valence-electron chi connectivity index (χ4n) is 4.64. The first kappa shape index (κ1) is 26.1. The van der Waals surface area contributed by atoms with Crippen LogP contribution in [-0.4, -0.2) is 34.3 Å². The number of aromatic nitrogens is 2. The standard InChI is InChI=1S/C27H32ClN5O2S/c1-16(2)26(34)30-22-10-9-19(15-21(22)28)33-25(20-14-17(3)32(18(20)4)12-13-35-5)24(31-27(33)36)23-8-6-7-11-29-23/h6-11,14-16,24-25H,12-13H2,1-5H3,(H,30,34)(H,31,36). The van der Waals surface area contributed by atoms with E-state index in [1.54, 1.807) is 13.3 Å². The molecule has 3 aromatic rings. The molecule has 1 aliphatic rings. The molecule has 1 saturated heterocycles. The van der Waals surface area contributed by atoms with E-state index in [1.807, 2.05) is 50.2 Å². The number of amides is 1. The topological polar surface area (TPSA) is 71.4 Å². The van der Waals surface area contributed by atoms with E-state index >= 15 is 0 Å². The zero-order chi connectivity index (χ0) is 26.0. The fourth-order valence-corrected chi connectivity index (χ4v) is 5.20. The number of nitrogens with zero attached hydrogens (tertiary/aromatic N) is 3. The summed E-state index contributed by atoms with van der Waals surface area (Å²) in [7, 11) is 1.71. The molecule has 4 rings (SSSR count). The van der Waals surface area contributed by atoms with Gasteiger partial charge in [-0.1, -0.05) is 31.5 Å². The van der Waals surface area contributed by atoms with E-state index in [-0.39, 0.29) is 23.9 Å². The fraction of sp³-hybridized carbons (Fsp3) is 0.370. The van der Waals surface area contributed by atoms with Gasteiger partial charge in [0, 0.05) is 42.8 Å². The van der Waals surface area contributed by atoms with Crippen LogP contribution in [0.1, 0.15) is 48.6 Å². The van der Waals surface area contributed by atoms with Gasteiger partial charge in [0.15, 0.2) is 5.11 Å². The minimum absolute atomic E-state index is 0.0837. The maximum absolute atomic E-state index is 12.2. The molecule has 36 heavy (non-hydrogen) atoms. The average molecular weight is 526 g/mol. The maximum atomic E-state index is 12.2. The first-order valence-corrected chi connectivity index (χ1v) is 12.8. The lowest BCUT2D eigenvalue weighted by Crippen LogP contribution is -2.29. The molecule has 190 valence electrons. The van der Waals surface area contributed by atoms with Gasteiger partial charge < -0.3 is 24.8 Å². The van der Waals surface area contributed by atoms with E-state index in [2.05, 4.69) is 45.0 Å². The van der Waals surface area contributed by atoms with Crippen LogP contribution in [0.15, 0.2) is 48.7 Å². The Bertz CT molecular complexity index is 1260. The summed E-state index contributed by atoms with van der Waals surface area (Å²) in [5.41, 5.74) is 5.78. The number of nitrogens with one attached hydrogen (secondary N) is 2. The Morgan fingerprint density at radius 3 is 2.67 bits per heavy atom. The van der Waals surface area contributed by atoms with E-state index in [1.165, 1.54) is 0 Å².